The lowest BCUT2D eigenvalue weighted by molar-refractivity contribution is -0.138. The van der Waals surface area contributed by atoms with Crippen molar-refractivity contribution in [2.45, 2.75) is 6.54 Å². The second-order valence-electron chi connectivity index (χ2n) is 7.56. The molecule has 2 aromatic rings. The predicted octanol–water partition coefficient (Wildman–Crippen LogP) is 0.980. The van der Waals surface area contributed by atoms with Crippen molar-refractivity contribution >= 4 is 17.4 Å². The fourth-order valence-corrected chi connectivity index (χ4v) is 4.03. The molecule has 0 aliphatic carbocycles. The molecule has 1 fully saturated rings. The number of imide groups is 1. The molecule has 0 bridgehead atoms. The number of aromatic nitrogens is 1. The smallest absolute Gasteiger partial charge is 0.278 e. The van der Waals surface area contributed by atoms with Crippen molar-refractivity contribution in [3.05, 3.63) is 65.6 Å². The van der Waals surface area contributed by atoms with Gasteiger partial charge in [0.1, 0.15) is 11.4 Å². The van der Waals surface area contributed by atoms with Crippen molar-refractivity contribution < 1.29 is 19.4 Å². The molecule has 162 valence electrons. The molecule has 1 saturated heterocycles. The normalized spacial score (nSPS) is 17.6. The van der Waals surface area contributed by atoms with Gasteiger partial charge in [-0.1, -0.05) is 12.1 Å². The van der Waals surface area contributed by atoms with Gasteiger partial charge < -0.3 is 14.7 Å². The lowest BCUT2D eigenvalue weighted by Gasteiger charge is -2.36. The number of hydrogen-bond acceptors (Lipinski definition) is 7. The van der Waals surface area contributed by atoms with E-state index in [1.54, 1.807) is 43.8 Å². The number of ether oxygens (including phenoxy) is 1. The summed E-state index contributed by atoms with van der Waals surface area (Å²) in [6.07, 6.45) is 3.30. The van der Waals surface area contributed by atoms with Crippen LogP contribution in [0.25, 0.3) is 5.57 Å². The number of piperazine rings is 1. The van der Waals surface area contributed by atoms with Crippen LogP contribution in [0.3, 0.4) is 0 Å². The van der Waals surface area contributed by atoms with E-state index in [0.29, 0.717) is 42.2 Å². The summed E-state index contributed by atoms with van der Waals surface area (Å²) in [7, 11) is 1.59. The maximum absolute atomic E-state index is 13.4. The third-order valence-electron chi connectivity index (χ3n) is 5.72. The van der Waals surface area contributed by atoms with Crippen LogP contribution in [0.4, 0.5) is 0 Å². The van der Waals surface area contributed by atoms with Crippen LogP contribution in [-0.2, 0) is 16.1 Å². The van der Waals surface area contributed by atoms with Crippen molar-refractivity contribution in [1.29, 1.82) is 0 Å². The van der Waals surface area contributed by atoms with Crippen LogP contribution in [0.5, 0.6) is 5.75 Å². The highest BCUT2D eigenvalue weighted by molar-refractivity contribution is 6.35. The SMILES string of the molecule is COc1ccc(C2=C(N3CCN(CCO)CC3)C(=O)N(Cc3ccncc3)C2=O)cc1. The average molecular weight is 422 g/mol. The van der Waals surface area contributed by atoms with Crippen LogP contribution in [0.2, 0.25) is 0 Å². The van der Waals surface area contributed by atoms with Crippen LogP contribution in [0.1, 0.15) is 11.1 Å². The third-order valence-corrected chi connectivity index (χ3v) is 5.72. The number of pyridine rings is 1. The van der Waals surface area contributed by atoms with E-state index < -0.39 is 0 Å². The molecular formula is C23H26N4O4. The van der Waals surface area contributed by atoms with E-state index in [2.05, 4.69) is 9.88 Å². The number of aliphatic hydroxyl groups excluding tert-OH is 1. The minimum atomic E-state index is -0.292. The van der Waals surface area contributed by atoms with Gasteiger partial charge in [0.25, 0.3) is 11.8 Å². The summed E-state index contributed by atoms with van der Waals surface area (Å²) in [4.78, 5) is 36.3. The number of rotatable bonds is 7. The van der Waals surface area contributed by atoms with E-state index in [0.717, 1.165) is 18.7 Å². The summed E-state index contributed by atoms with van der Waals surface area (Å²) in [5, 5.41) is 9.20. The largest absolute Gasteiger partial charge is 0.497 e. The number of methoxy groups -OCH3 is 1. The Kier molecular flexibility index (Phi) is 6.29. The predicted molar refractivity (Wildman–Crippen MR) is 115 cm³/mol. The first kappa shape index (κ1) is 21.0. The fourth-order valence-electron chi connectivity index (χ4n) is 4.03. The van der Waals surface area contributed by atoms with Gasteiger partial charge in [-0.2, -0.15) is 0 Å². The van der Waals surface area contributed by atoms with Crippen molar-refractivity contribution in [3.63, 3.8) is 0 Å². The molecule has 0 saturated carbocycles. The molecule has 0 spiro atoms. The summed E-state index contributed by atoms with van der Waals surface area (Å²) in [5.41, 5.74) is 2.43. The molecular weight excluding hydrogens is 396 g/mol. The van der Waals surface area contributed by atoms with Gasteiger partial charge >= 0.3 is 0 Å². The van der Waals surface area contributed by atoms with Crippen LogP contribution in [0, 0.1) is 0 Å². The zero-order valence-electron chi connectivity index (χ0n) is 17.5. The Morgan fingerprint density at radius 1 is 0.968 bits per heavy atom. The van der Waals surface area contributed by atoms with Gasteiger partial charge in [0.2, 0.25) is 0 Å². The first-order valence-electron chi connectivity index (χ1n) is 10.3. The van der Waals surface area contributed by atoms with Crippen LogP contribution in [0.15, 0.2) is 54.5 Å². The topological polar surface area (TPSA) is 86.2 Å². The quantitative estimate of drug-likeness (QED) is 0.666. The van der Waals surface area contributed by atoms with E-state index in [-0.39, 0.29) is 25.0 Å². The first-order valence-corrected chi connectivity index (χ1v) is 10.3. The van der Waals surface area contributed by atoms with Crippen molar-refractivity contribution in [1.82, 2.24) is 19.7 Å². The van der Waals surface area contributed by atoms with E-state index in [9.17, 15) is 14.7 Å². The molecule has 8 heteroatoms. The molecule has 1 aromatic heterocycles. The maximum atomic E-state index is 13.4. The molecule has 0 atom stereocenters. The summed E-state index contributed by atoms with van der Waals surface area (Å²) in [6.45, 7) is 3.62. The summed E-state index contributed by atoms with van der Waals surface area (Å²) >= 11 is 0. The number of carbonyl (C=O) groups is 2. The Hall–Kier alpha value is -3.23. The maximum Gasteiger partial charge on any atom is 0.278 e. The minimum Gasteiger partial charge on any atom is -0.497 e. The molecule has 2 aliphatic heterocycles. The van der Waals surface area contributed by atoms with Gasteiger partial charge in [-0.15, -0.1) is 0 Å². The number of amides is 2. The molecule has 1 aromatic carbocycles. The van der Waals surface area contributed by atoms with Gasteiger partial charge in [0.15, 0.2) is 0 Å². The first-order chi connectivity index (χ1) is 15.1. The van der Waals surface area contributed by atoms with Crippen LogP contribution in [-0.4, -0.2) is 83.0 Å². The third kappa shape index (κ3) is 4.30. The number of nitrogens with zero attached hydrogens (tertiary/aromatic N) is 4. The number of hydrogen-bond donors (Lipinski definition) is 1. The molecule has 8 nitrogen and oxygen atoms in total. The fraction of sp³-hybridized carbons (Fsp3) is 0.348. The Bertz CT molecular complexity index is 967. The molecule has 31 heavy (non-hydrogen) atoms. The molecule has 0 radical (unpaired) electrons. The van der Waals surface area contributed by atoms with E-state index in [1.165, 1.54) is 4.90 Å². The summed E-state index contributed by atoms with van der Waals surface area (Å²) < 4.78 is 5.24. The monoisotopic (exact) mass is 422 g/mol. The van der Waals surface area contributed by atoms with Crippen LogP contribution >= 0.6 is 0 Å². The molecule has 1 N–H and O–H groups in total. The highest BCUT2D eigenvalue weighted by atomic mass is 16.5. The van der Waals surface area contributed by atoms with Crippen molar-refractivity contribution in [3.8, 4) is 5.75 Å². The van der Waals surface area contributed by atoms with Gasteiger partial charge in [-0.3, -0.25) is 24.4 Å². The second kappa shape index (κ2) is 9.28. The molecule has 4 rings (SSSR count). The van der Waals surface area contributed by atoms with E-state index in [1.807, 2.05) is 17.0 Å². The van der Waals surface area contributed by atoms with Gasteiger partial charge in [-0.25, -0.2) is 0 Å². The molecule has 2 amide bonds. The Labute approximate surface area is 181 Å². The molecule has 3 heterocycles. The Morgan fingerprint density at radius 3 is 2.26 bits per heavy atom. The number of aliphatic hydroxyl groups is 1. The van der Waals surface area contributed by atoms with Gasteiger partial charge in [-0.05, 0) is 35.4 Å². The standard InChI is InChI=1S/C23H26N4O4/c1-31-19-4-2-18(3-5-19)20-21(26-12-10-25(11-13-26)14-15-28)23(30)27(22(20)29)16-17-6-8-24-9-7-17/h2-9,28H,10-16H2,1H3. The lowest BCUT2D eigenvalue weighted by atomic mass is 10.0. The molecule has 2 aliphatic rings. The highest BCUT2D eigenvalue weighted by Gasteiger charge is 2.42. The average Bonchev–Trinajstić information content (AvgIpc) is 3.05. The van der Waals surface area contributed by atoms with Crippen molar-refractivity contribution in [2.24, 2.45) is 0 Å². The number of carbonyl (C=O) groups excluding carboxylic acids is 2. The van der Waals surface area contributed by atoms with Crippen molar-refractivity contribution in [2.75, 3.05) is 46.4 Å². The Balaban J connectivity index is 1.67. The highest BCUT2D eigenvalue weighted by Crippen LogP contribution is 2.33. The van der Waals surface area contributed by atoms with E-state index >= 15 is 0 Å². The zero-order valence-corrected chi connectivity index (χ0v) is 17.5. The Morgan fingerprint density at radius 2 is 1.65 bits per heavy atom. The second-order valence-corrected chi connectivity index (χ2v) is 7.56. The summed E-state index contributed by atoms with van der Waals surface area (Å²) in [6, 6.07) is 10.8. The number of benzene rings is 1. The summed E-state index contributed by atoms with van der Waals surface area (Å²) in [5.74, 6) is 0.122. The molecule has 0 unspecified atom stereocenters. The minimum absolute atomic E-state index is 0.108. The lowest BCUT2D eigenvalue weighted by Crippen LogP contribution is -2.48. The van der Waals surface area contributed by atoms with Gasteiger partial charge in [0.05, 0.1) is 25.8 Å². The zero-order chi connectivity index (χ0) is 21.8. The number of β-amino-alcohol motifs (C(OH)–C–C–N with tert-alkyl or cyclic N) is 1. The van der Waals surface area contributed by atoms with Gasteiger partial charge in [0, 0.05) is 45.1 Å². The van der Waals surface area contributed by atoms with Crippen LogP contribution < -0.4 is 4.74 Å². The van der Waals surface area contributed by atoms with E-state index in [4.69, 9.17) is 4.74 Å².